The van der Waals surface area contributed by atoms with Crippen LogP contribution in [0.2, 0.25) is 0 Å². The van der Waals surface area contributed by atoms with E-state index in [9.17, 15) is 13.6 Å². The standard InChI is InChI=1S/C12H9F2N3O2/c13-6-2-1-3-9(10(6)14)19-12-7(15)4-5-8(17-12)11(16)18/h1-5H,15H2,(H2,16,18). The molecule has 0 spiro atoms. The van der Waals surface area contributed by atoms with Crippen molar-refractivity contribution in [3.63, 3.8) is 0 Å². The van der Waals surface area contributed by atoms with Crippen LogP contribution in [0.25, 0.3) is 0 Å². The molecule has 5 nitrogen and oxygen atoms in total. The molecule has 2 rings (SSSR count). The molecule has 0 aliphatic rings. The smallest absolute Gasteiger partial charge is 0.267 e. The summed E-state index contributed by atoms with van der Waals surface area (Å²) in [5, 5.41) is 0. The highest BCUT2D eigenvalue weighted by atomic mass is 19.2. The fourth-order valence-corrected chi connectivity index (χ4v) is 1.34. The van der Waals surface area contributed by atoms with Gasteiger partial charge in [-0.1, -0.05) is 6.07 Å². The quantitative estimate of drug-likeness (QED) is 0.885. The van der Waals surface area contributed by atoms with Crippen molar-refractivity contribution in [1.82, 2.24) is 4.98 Å². The van der Waals surface area contributed by atoms with Gasteiger partial charge in [0.2, 0.25) is 11.7 Å². The van der Waals surface area contributed by atoms with Crippen LogP contribution in [0.3, 0.4) is 0 Å². The molecule has 2 aromatic rings. The SMILES string of the molecule is NC(=O)c1ccc(N)c(Oc2cccc(F)c2F)n1. The number of nitrogens with zero attached hydrogens (tertiary/aromatic N) is 1. The summed E-state index contributed by atoms with van der Waals surface area (Å²) in [7, 11) is 0. The lowest BCUT2D eigenvalue weighted by atomic mass is 10.3. The largest absolute Gasteiger partial charge is 0.434 e. The summed E-state index contributed by atoms with van der Waals surface area (Å²) in [5.41, 5.74) is 10.6. The van der Waals surface area contributed by atoms with Crippen molar-refractivity contribution in [1.29, 1.82) is 0 Å². The van der Waals surface area contributed by atoms with E-state index in [1.54, 1.807) is 0 Å². The molecule has 0 radical (unpaired) electrons. The second kappa shape index (κ2) is 4.89. The van der Waals surface area contributed by atoms with Gasteiger partial charge >= 0.3 is 0 Å². The molecule has 0 atom stereocenters. The molecule has 0 bridgehead atoms. The molecule has 4 N–H and O–H groups in total. The van der Waals surface area contributed by atoms with E-state index >= 15 is 0 Å². The zero-order valence-corrected chi connectivity index (χ0v) is 9.56. The maximum absolute atomic E-state index is 13.4. The van der Waals surface area contributed by atoms with Gasteiger partial charge in [0, 0.05) is 0 Å². The minimum atomic E-state index is -1.17. The van der Waals surface area contributed by atoms with E-state index in [4.69, 9.17) is 16.2 Å². The molecule has 1 aromatic carbocycles. The number of aromatic nitrogens is 1. The lowest BCUT2D eigenvalue weighted by Crippen LogP contribution is -2.13. The second-order valence-corrected chi connectivity index (χ2v) is 3.61. The van der Waals surface area contributed by atoms with E-state index in [0.29, 0.717) is 0 Å². The summed E-state index contributed by atoms with van der Waals surface area (Å²) in [6.45, 7) is 0. The van der Waals surface area contributed by atoms with Gasteiger partial charge in [0.15, 0.2) is 11.6 Å². The summed E-state index contributed by atoms with van der Waals surface area (Å²) in [6.07, 6.45) is 0. The van der Waals surface area contributed by atoms with Crippen LogP contribution < -0.4 is 16.2 Å². The number of rotatable bonds is 3. The van der Waals surface area contributed by atoms with Gasteiger partial charge in [0.05, 0.1) is 5.69 Å². The minimum absolute atomic E-state index is 0.0636. The van der Waals surface area contributed by atoms with Gasteiger partial charge in [-0.2, -0.15) is 4.39 Å². The minimum Gasteiger partial charge on any atom is -0.434 e. The van der Waals surface area contributed by atoms with Gasteiger partial charge in [-0.15, -0.1) is 0 Å². The van der Waals surface area contributed by atoms with Crippen LogP contribution in [-0.2, 0) is 0 Å². The lowest BCUT2D eigenvalue weighted by Gasteiger charge is -2.09. The van der Waals surface area contributed by atoms with E-state index in [1.165, 1.54) is 24.3 Å². The molecule has 0 saturated heterocycles. The summed E-state index contributed by atoms with van der Waals surface area (Å²) < 4.78 is 31.5. The average molecular weight is 265 g/mol. The van der Waals surface area contributed by atoms with Crippen molar-refractivity contribution >= 4 is 11.6 Å². The van der Waals surface area contributed by atoms with Gasteiger partial charge in [0.1, 0.15) is 5.69 Å². The number of hydrogen-bond acceptors (Lipinski definition) is 4. The Labute approximate surface area is 106 Å². The van der Waals surface area contributed by atoms with E-state index in [2.05, 4.69) is 4.98 Å². The molecule has 0 saturated carbocycles. The number of ether oxygens (including phenoxy) is 1. The Kier molecular flexibility index (Phi) is 3.28. The highest BCUT2D eigenvalue weighted by molar-refractivity contribution is 5.91. The number of halogens is 2. The number of carbonyl (C=O) groups is 1. The van der Waals surface area contributed by atoms with Crippen molar-refractivity contribution in [2.75, 3.05) is 5.73 Å². The molecule has 7 heteroatoms. The number of anilines is 1. The van der Waals surface area contributed by atoms with Crippen LogP contribution in [0.15, 0.2) is 30.3 Å². The lowest BCUT2D eigenvalue weighted by molar-refractivity contribution is 0.0995. The number of primary amides is 1. The molecule has 0 aliphatic heterocycles. The molecule has 0 aliphatic carbocycles. The van der Waals surface area contributed by atoms with Gasteiger partial charge < -0.3 is 16.2 Å². The number of hydrogen-bond donors (Lipinski definition) is 2. The van der Waals surface area contributed by atoms with Crippen molar-refractivity contribution in [3.8, 4) is 11.6 Å². The third-order valence-corrected chi connectivity index (χ3v) is 2.26. The number of carbonyl (C=O) groups excluding carboxylic acids is 1. The average Bonchev–Trinajstić information content (AvgIpc) is 2.37. The molecule has 1 amide bonds. The fraction of sp³-hybridized carbons (Fsp3) is 0. The third kappa shape index (κ3) is 2.59. The molecule has 19 heavy (non-hydrogen) atoms. The van der Waals surface area contributed by atoms with Crippen LogP contribution in [0.4, 0.5) is 14.5 Å². The molecular weight excluding hydrogens is 256 g/mol. The Morgan fingerprint density at radius 2 is 1.95 bits per heavy atom. The van der Waals surface area contributed by atoms with E-state index in [1.807, 2.05) is 0 Å². The van der Waals surface area contributed by atoms with Crippen LogP contribution in [0, 0.1) is 11.6 Å². The van der Waals surface area contributed by atoms with Crippen LogP contribution in [0.5, 0.6) is 11.6 Å². The Bertz CT molecular complexity index is 647. The van der Waals surface area contributed by atoms with Gasteiger partial charge in [-0.25, -0.2) is 9.37 Å². The Balaban J connectivity index is 2.40. The summed E-state index contributed by atoms with van der Waals surface area (Å²) >= 11 is 0. The van der Waals surface area contributed by atoms with Gasteiger partial charge in [-0.05, 0) is 24.3 Å². The molecular formula is C12H9F2N3O2. The van der Waals surface area contributed by atoms with Crippen molar-refractivity contribution in [2.24, 2.45) is 5.73 Å². The normalized spacial score (nSPS) is 10.2. The Morgan fingerprint density at radius 3 is 2.63 bits per heavy atom. The van der Waals surface area contributed by atoms with E-state index < -0.39 is 17.5 Å². The molecule has 0 fully saturated rings. The number of amides is 1. The highest BCUT2D eigenvalue weighted by Crippen LogP contribution is 2.28. The fourth-order valence-electron chi connectivity index (χ4n) is 1.34. The first-order valence-electron chi connectivity index (χ1n) is 5.17. The summed E-state index contributed by atoms with van der Waals surface area (Å²) in [5.74, 6) is -3.64. The number of pyridine rings is 1. The predicted octanol–water partition coefficient (Wildman–Crippen LogP) is 1.83. The number of nitrogen functional groups attached to an aromatic ring is 1. The molecule has 98 valence electrons. The van der Waals surface area contributed by atoms with E-state index in [0.717, 1.165) is 6.07 Å². The third-order valence-electron chi connectivity index (χ3n) is 2.26. The zero-order valence-electron chi connectivity index (χ0n) is 9.56. The first kappa shape index (κ1) is 12.7. The Hall–Kier alpha value is -2.70. The summed E-state index contributed by atoms with van der Waals surface area (Å²) in [4.78, 5) is 14.7. The highest BCUT2D eigenvalue weighted by Gasteiger charge is 2.13. The maximum Gasteiger partial charge on any atom is 0.267 e. The summed E-state index contributed by atoms with van der Waals surface area (Å²) in [6, 6.07) is 6.04. The zero-order chi connectivity index (χ0) is 14.0. The van der Waals surface area contributed by atoms with Crippen LogP contribution in [-0.4, -0.2) is 10.9 Å². The first-order chi connectivity index (χ1) is 8.99. The van der Waals surface area contributed by atoms with Gasteiger partial charge in [-0.3, -0.25) is 4.79 Å². The Morgan fingerprint density at radius 1 is 1.21 bits per heavy atom. The maximum atomic E-state index is 13.4. The van der Waals surface area contributed by atoms with Crippen molar-refractivity contribution < 1.29 is 18.3 Å². The van der Waals surface area contributed by atoms with Crippen LogP contribution in [0.1, 0.15) is 10.5 Å². The molecule has 0 unspecified atom stereocenters. The van der Waals surface area contributed by atoms with Crippen molar-refractivity contribution in [2.45, 2.75) is 0 Å². The predicted molar refractivity (Wildman–Crippen MR) is 63.6 cm³/mol. The first-order valence-corrected chi connectivity index (χ1v) is 5.17. The molecule has 1 heterocycles. The number of nitrogens with two attached hydrogens (primary N) is 2. The number of benzene rings is 1. The topological polar surface area (TPSA) is 91.2 Å². The van der Waals surface area contributed by atoms with E-state index in [-0.39, 0.29) is 23.0 Å². The monoisotopic (exact) mass is 265 g/mol. The van der Waals surface area contributed by atoms with Crippen molar-refractivity contribution in [3.05, 3.63) is 47.7 Å². The van der Waals surface area contributed by atoms with Gasteiger partial charge in [0.25, 0.3) is 5.91 Å². The molecule has 1 aromatic heterocycles. The van der Waals surface area contributed by atoms with Crippen LogP contribution >= 0.6 is 0 Å². The second-order valence-electron chi connectivity index (χ2n) is 3.61.